The van der Waals surface area contributed by atoms with E-state index in [0.717, 1.165) is 31.7 Å². The van der Waals surface area contributed by atoms with Gasteiger partial charge in [-0.05, 0) is 56.5 Å². The van der Waals surface area contributed by atoms with Crippen molar-refractivity contribution in [3.63, 3.8) is 0 Å². The second kappa shape index (κ2) is 8.48. The van der Waals surface area contributed by atoms with Crippen molar-refractivity contribution in [3.8, 4) is 0 Å². The Balaban J connectivity index is 1.49. The van der Waals surface area contributed by atoms with Crippen molar-refractivity contribution < 1.29 is 9.59 Å². The van der Waals surface area contributed by atoms with Crippen LogP contribution in [0.15, 0.2) is 24.3 Å². The highest BCUT2D eigenvalue weighted by molar-refractivity contribution is 6.09. The van der Waals surface area contributed by atoms with Crippen molar-refractivity contribution in [1.29, 1.82) is 0 Å². The van der Waals surface area contributed by atoms with E-state index >= 15 is 0 Å². The van der Waals surface area contributed by atoms with Crippen molar-refractivity contribution in [2.75, 3.05) is 37.6 Å². The maximum Gasteiger partial charge on any atom is 0.239 e. The van der Waals surface area contributed by atoms with Crippen LogP contribution in [-0.2, 0) is 16.0 Å². The fourth-order valence-electron chi connectivity index (χ4n) is 3.73. The lowest BCUT2D eigenvalue weighted by Gasteiger charge is -2.26. The monoisotopic (exact) mass is 343 g/mol. The van der Waals surface area contributed by atoms with Gasteiger partial charge in [-0.15, -0.1) is 0 Å². The average molecular weight is 343 g/mol. The molecule has 3 rings (SSSR count). The molecule has 2 aliphatic heterocycles. The minimum absolute atomic E-state index is 0.0697. The molecule has 1 N–H and O–H groups in total. The molecule has 5 heteroatoms. The molecule has 0 saturated carbocycles. The van der Waals surface area contributed by atoms with Gasteiger partial charge >= 0.3 is 0 Å². The third-order valence-electron chi connectivity index (χ3n) is 5.35. The van der Waals surface area contributed by atoms with Crippen LogP contribution >= 0.6 is 0 Å². The van der Waals surface area contributed by atoms with Crippen LogP contribution in [0.5, 0.6) is 0 Å². The first-order valence-corrected chi connectivity index (χ1v) is 9.59. The van der Waals surface area contributed by atoms with Crippen LogP contribution in [0.25, 0.3) is 0 Å². The average Bonchev–Trinajstić information content (AvgIpc) is 3.04. The second-order valence-electron chi connectivity index (χ2n) is 7.04. The normalized spacial score (nSPS) is 21.6. The molecule has 2 saturated heterocycles. The summed E-state index contributed by atoms with van der Waals surface area (Å²) in [6.07, 6.45) is 5.40. The second-order valence-corrected chi connectivity index (χ2v) is 7.04. The number of carbonyl (C=O) groups is 2. The molecule has 1 aromatic rings. The molecule has 1 atom stereocenters. The SMILES string of the molecule is CCc1ccc(N2CC[C@H](C(=O)NCCN3CCCCC3)C2=O)cc1. The summed E-state index contributed by atoms with van der Waals surface area (Å²) in [5, 5.41) is 2.96. The maximum atomic E-state index is 12.6. The quantitative estimate of drug-likeness (QED) is 0.806. The van der Waals surface area contributed by atoms with Crippen molar-refractivity contribution in [3.05, 3.63) is 29.8 Å². The van der Waals surface area contributed by atoms with Gasteiger partial charge in [0.25, 0.3) is 0 Å². The zero-order valence-corrected chi connectivity index (χ0v) is 15.2. The zero-order chi connectivity index (χ0) is 17.6. The van der Waals surface area contributed by atoms with E-state index in [0.29, 0.717) is 19.5 Å². The largest absolute Gasteiger partial charge is 0.354 e. The third kappa shape index (κ3) is 4.40. The highest BCUT2D eigenvalue weighted by Gasteiger charge is 2.37. The molecule has 0 aromatic heterocycles. The van der Waals surface area contributed by atoms with E-state index in [1.54, 1.807) is 4.90 Å². The van der Waals surface area contributed by atoms with Crippen molar-refractivity contribution >= 4 is 17.5 Å². The van der Waals surface area contributed by atoms with Crippen LogP contribution in [0.3, 0.4) is 0 Å². The smallest absolute Gasteiger partial charge is 0.239 e. The molecule has 1 aromatic carbocycles. The first-order valence-electron chi connectivity index (χ1n) is 9.59. The summed E-state index contributed by atoms with van der Waals surface area (Å²) in [6, 6.07) is 8.06. The van der Waals surface area contributed by atoms with E-state index in [2.05, 4.69) is 29.3 Å². The molecule has 2 heterocycles. The number of amides is 2. The molecular formula is C20H29N3O2. The first-order chi connectivity index (χ1) is 12.2. The minimum Gasteiger partial charge on any atom is -0.354 e. The van der Waals surface area contributed by atoms with Crippen LogP contribution in [0.1, 0.15) is 38.2 Å². The van der Waals surface area contributed by atoms with Crippen molar-refractivity contribution in [2.45, 2.75) is 39.0 Å². The summed E-state index contributed by atoms with van der Waals surface area (Å²) < 4.78 is 0. The van der Waals surface area contributed by atoms with Gasteiger partial charge in [-0.2, -0.15) is 0 Å². The Morgan fingerprint density at radius 1 is 1.12 bits per heavy atom. The number of benzene rings is 1. The predicted molar refractivity (Wildman–Crippen MR) is 99.6 cm³/mol. The van der Waals surface area contributed by atoms with E-state index in [4.69, 9.17) is 0 Å². The van der Waals surface area contributed by atoms with Crippen molar-refractivity contribution in [1.82, 2.24) is 10.2 Å². The number of anilines is 1. The molecule has 5 nitrogen and oxygen atoms in total. The summed E-state index contributed by atoms with van der Waals surface area (Å²) in [6.45, 7) is 6.50. The standard InChI is InChI=1S/C20H29N3O2/c1-2-16-6-8-17(9-7-16)23-14-10-18(20(23)25)19(24)21-11-15-22-12-4-3-5-13-22/h6-9,18H,2-5,10-15H2,1H3,(H,21,24)/t18-/m1/s1. The fraction of sp³-hybridized carbons (Fsp3) is 0.600. The topological polar surface area (TPSA) is 52.7 Å². The number of likely N-dealkylation sites (tertiary alicyclic amines) is 1. The molecule has 0 radical (unpaired) electrons. The summed E-state index contributed by atoms with van der Waals surface area (Å²) in [7, 11) is 0. The maximum absolute atomic E-state index is 12.6. The Morgan fingerprint density at radius 3 is 2.52 bits per heavy atom. The zero-order valence-electron chi connectivity index (χ0n) is 15.2. The Kier molecular flexibility index (Phi) is 6.08. The number of hydrogen-bond acceptors (Lipinski definition) is 3. The van der Waals surface area contributed by atoms with E-state index < -0.39 is 5.92 Å². The van der Waals surface area contributed by atoms with Gasteiger partial charge < -0.3 is 15.1 Å². The van der Waals surface area contributed by atoms with Crippen LogP contribution in [0.4, 0.5) is 5.69 Å². The van der Waals surface area contributed by atoms with Gasteiger partial charge in [0.2, 0.25) is 11.8 Å². The summed E-state index contributed by atoms with van der Waals surface area (Å²) in [5.74, 6) is -0.721. The first kappa shape index (κ1) is 17.9. The molecule has 2 fully saturated rings. The summed E-state index contributed by atoms with van der Waals surface area (Å²) >= 11 is 0. The number of piperidine rings is 1. The van der Waals surface area contributed by atoms with Gasteiger partial charge in [0, 0.05) is 25.3 Å². The summed E-state index contributed by atoms with van der Waals surface area (Å²) in [4.78, 5) is 29.2. The van der Waals surface area contributed by atoms with Crippen LogP contribution in [0.2, 0.25) is 0 Å². The summed E-state index contributed by atoms with van der Waals surface area (Å²) in [5.41, 5.74) is 2.15. The van der Waals surface area contributed by atoms with E-state index in [9.17, 15) is 9.59 Å². The van der Waals surface area contributed by atoms with Crippen LogP contribution in [-0.4, -0.2) is 49.4 Å². The van der Waals surface area contributed by atoms with Gasteiger partial charge in [0.1, 0.15) is 5.92 Å². The molecule has 0 aliphatic carbocycles. The van der Waals surface area contributed by atoms with Gasteiger partial charge in [0.15, 0.2) is 0 Å². The minimum atomic E-state index is -0.535. The Morgan fingerprint density at radius 2 is 1.84 bits per heavy atom. The number of nitrogens with one attached hydrogen (secondary N) is 1. The molecule has 0 unspecified atom stereocenters. The van der Waals surface area contributed by atoms with E-state index in [1.165, 1.54) is 24.8 Å². The molecular weight excluding hydrogens is 314 g/mol. The molecule has 0 spiro atoms. The molecule has 25 heavy (non-hydrogen) atoms. The molecule has 0 bridgehead atoms. The lowest BCUT2D eigenvalue weighted by Crippen LogP contribution is -2.41. The van der Waals surface area contributed by atoms with E-state index in [-0.39, 0.29) is 11.8 Å². The van der Waals surface area contributed by atoms with Gasteiger partial charge in [-0.25, -0.2) is 0 Å². The Bertz CT molecular complexity index is 593. The third-order valence-corrected chi connectivity index (χ3v) is 5.35. The van der Waals surface area contributed by atoms with Gasteiger partial charge in [-0.3, -0.25) is 9.59 Å². The number of hydrogen-bond donors (Lipinski definition) is 1. The number of nitrogens with zero attached hydrogens (tertiary/aromatic N) is 2. The lowest BCUT2D eigenvalue weighted by atomic mass is 10.1. The molecule has 2 amide bonds. The van der Waals surface area contributed by atoms with Gasteiger partial charge in [-0.1, -0.05) is 25.5 Å². The van der Waals surface area contributed by atoms with E-state index in [1.807, 2.05) is 12.1 Å². The Labute approximate surface area is 150 Å². The van der Waals surface area contributed by atoms with Crippen molar-refractivity contribution in [2.24, 2.45) is 5.92 Å². The highest BCUT2D eigenvalue weighted by Crippen LogP contribution is 2.25. The molecule has 136 valence electrons. The highest BCUT2D eigenvalue weighted by atomic mass is 16.2. The fourth-order valence-corrected chi connectivity index (χ4v) is 3.73. The number of rotatable bonds is 6. The predicted octanol–water partition coefficient (Wildman–Crippen LogP) is 2.20. The Hall–Kier alpha value is -1.88. The van der Waals surface area contributed by atoms with Crippen LogP contribution < -0.4 is 10.2 Å². The van der Waals surface area contributed by atoms with Gasteiger partial charge in [0.05, 0.1) is 0 Å². The number of carbonyl (C=O) groups excluding carboxylic acids is 2. The molecule has 2 aliphatic rings. The van der Waals surface area contributed by atoms with Crippen LogP contribution in [0, 0.1) is 5.92 Å². The number of aryl methyl sites for hydroxylation is 1. The lowest BCUT2D eigenvalue weighted by molar-refractivity contribution is -0.132.